The van der Waals surface area contributed by atoms with Crippen molar-refractivity contribution in [2.45, 2.75) is 38.2 Å². The van der Waals surface area contributed by atoms with Crippen molar-refractivity contribution >= 4 is 5.78 Å². The quantitative estimate of drug-likeness (QED) is 0.786. The van der Waals surface area contributed by atoms with E-state index >= 15 is 0 Å². The fourth-order valence-electron chi connectivity index (χ4n) is 2.39. The zero-order chi connectivity index (χ0) is 15.8. The minimum atomic E-state index is -0.600. The maximum atomic E-state index is 11.9. The van der Waals surface area contributed by atoms with Crippen molar-refractivity contribution in [3.05, 3.63) is 65.7 Å². The number of aliphatic hydroxyl groups is 1. The Kier molecular flexibility index (Phi) is 6.16. The van der Waals surface area contributed by atoms with Gasteiger partial charge in [-0.05, 0) is 42.5 Å². The van der Waals surface area contributed by atoms with E-state index in [2.05, 4.69) is 0 Å². The third-order valence-corrected chi connectivity index (χ3v) is 3.70. The fraction of sp³-hybridized carbons (Fsp3) is 0.316. The van der Waals surface area contributed by atoms with Crippen molar-refractivity contribution in [3.63, 3.8) is 0 Å². The van der Waals surface area contributed by atoms with Gasteiger partial charge in [0.25, 0.3) is 0 Å². The molecule has 0 aliphatic rings. The maximum absolute atomic E-state index is 11.9. The van der Waals surface area contributed by atoms with Crippen LogP contribution in [0.3, 0.4) is 0 Å². The van der Waals surface area contributed by atoms with Gasteiger partial charge >= 0.3 is 0 Å². The summed E-state index contributed by atoms with van der Waals surface area (Å²) in [5.74, 6) is 0.336. The summed E-state index contributed by atoms with van der Waals surface area (Å²) in [6.45, 7) is 0. The summed E-state index contributed by atoms with van der Waals surface area (Å²) >= 11 is 0. The number of aryl methyl sites for hydroxylation is 2. The number of hydrogen-bond acceptors (Lipinski definition) is 3. The van der Waals surface area contributed by atoms with Gasteiger partial charge in [-0.15, -0.1) is 0 Å². The standard InChI is InChI=1S/C19H22O3/c20-17-10-6-16(7-11-17)9-13-19(22)14-18(21)12-8-15-4-2-1-3-5-15/h1-7,10-11,19-20,22H,8-9,12-14H2/t19-/m0/s1. The van der Waals surface area contributed by atoms with Crippen LogP contribution in [0, 0.1) is 0 Å². The van der Waals surface area contributed by atoms with Gasteiger partial charge in [0, 0.05) is 12.8 Å². The summed E-state index contributed by atoms with van der Waals surface area (Å²) < 4.78 is 0. The van der Waals surface area contributed by atoms with Crippen LogP contribution >= 0.6 is 0 Å². The number of Topliss-reactive ketones (excluding diaryl/α,β-unsaturated/α-hetero) is 1. The highest BCUT2D eigenvalue weighted by Crippen LogP contribution is 2.13. The van der Waals surface area contributed by atoms with E-state index in [1.807, 2.05) is 42.5 Å². The smallest absolute Gasteiger partial charge is 0.135 e. The number of phenolic OH excluding ortho intramolecular Hbond substituents is 1. The van der Waals surface area contributed by atoms with Gasteiger partial charge in [0.15, 0.2) is 0 Å². The van der Waals surface area contributed by atoms with Crippen molar-refractivity contribution in [1.82, 2.24) is 0 Å². The minimum absolute atomic E-state index is 0.0991. The average molecular weight is 298 g/mol. The number of benzene rings is 2. The maximum Gasteiger partial charge on any atom is 0.135 e. The van der Waals surface area contributed by atoms with E-state index in [4.69, 9.17) is 0 Å². The van der Waals surface area contributed by atoms with Crippen LogP contribution in [-0.4, -0.2) is 22.1 Å². The summed E-state index contributed by atoms with van der Waals surface area (Å²) in [5, 5.41) is 19.2. The first-order valence-electron chi connectivity index (χ1n) is 7.65. The first kappa shape index (κ1) is 16.2. The topological polar surface area (TPSA) is 57.5 Å². The van der Waals surface area contributed by atoms with Crippen LogP contribution in [0.2, 0.25) is 0 Å². The van der Waals surface area contributed by atoms with Crippen molar-refractivity contribution < 1.29 is 15.0 Å². The molecule has 2 aromatic rings. The molecule has 0 fully saturated rings. The molecule has 0 unspecified atom stereocenters. The van der Waals surface area contributed by atoms with Gasteiger partial charge in [-0.1, -0.05) is 42.5 Å². The molecule has 116 valence electrons. The van der Waals surface area contributed by atoms with Crippen LogP contribution in [0.1, 0.15) is 30.4 Å². The van der Waals surface area contributed by atoms with Gasteiger partial charge in [0.05, 0.1) is 6.10 Å². The summed E-state index contributed by atoms with van der Waals surface area (Å²) in [5.41, 5.74) is 2.20. The number of aromatic hydroxyl groups is 1. The summed E-state index contributed by atoms with van der Waals surface area (Å²) in [6, 6.07) is 16.8. The van der Waals surface area contributed by atoms with Crippen molar-refractivity contribution in [2.75, 3.05) is 0 Å². The van der Waals surface area contributed by atoms with Gasteiger partial charge < -0.3 is 10.2 Å². The second-order valence-electron chi connectivity index (χ2n) is 5.59. The lowest BCUT2D eigenvalue weighted by atomic mass is 10.0. The molecule has 1 atom stereocenters. The van der Waals surface area contributed by atoms with E-state index in [1.54, 1.807) is 12.1 Å². The highest BCUT2D eigenvalue weighted by molar-refractivity contribution is 5.79. The Bertz CT molecular complexity index is 575. The third-order valence-electron chi connectivity index (χ3n) is 3.70. The van der Waals surface area contributed by atoms with Crippen LogP contribution in [0.5, 0.6) is 5.75 Å². The van der Waals surface area contributed by atoms with Crippen molar-refractivity contribution in [3.8, 4) is 5.75 Å². The van der Waals surface area contributed by atoms with E-state index in [1.165, 1.54) is 0 Å². The van der Waals surface area contributed by atoms with E-state index in [9.17, 15) is 15.0 Å². The van der Waals surface area contributed by atoms with Crippen LogP contribution in [0.25, 0.3) is 0 Å². The zero-order valence-corrected chi connectivity index (χ0v) is 12.6. The fourth-order valence-corrected chi connectivity index (χ4v) is 2.39. The first-order chi connectivity index (χ1) is 10.6. The Morgan fingerprint density at radius 2 is 1.55 bits per heavy atom. The second kappa shape index (κ2) is 8.35. The number of carbonyl (C=O) groups is 1. The van der Waals surface area contributed by atoms with Crippen LogP contribution in [0.4, 0.5) is 0 Å². The van der Waals surface area contributed by atoms with Crippen molar-refractivity contribution in [2.24, 2.45) is 0 Å². The van der Waals surface area contributed by atoms with E-state index in [0.717, 1.165) is 17.5 Å². The minimum Gasteiger partial charge on any atom is -0.508 e. The SMILES string of the molecule is O=C(CCc1ccccc1)C[C@@H](O)CCc1ccc(O)cc1. The first-order valence-corrected chi connectivity index (χ1v) is 7.65. The molecule has 0 heterocycles. The van der Waals surface area contributed by atoms with Crippen molar-refractivity contribution in [1.29, 1.82) is 0 Å². The molecule has 3 nitrogen and oxygen atoms in total. The molecular formula is C19H22O3. The molecule has 3 heteroatoms. The molecule has 0 aromatic heterocycles. The van der Waals surface area contributed by atoms with Gasteiger partial charge in [0.2, 0.25) is 0 Å². The van der Waals surface area contributed by atoms with Gasteiger partial charge in [0.1, 0.15) is 11.5 Å². The lowest BCUT2D eigenvalue weighted by molar-refractivity contribution is -0.120. The monoisotopic (exact) mass is 298 g/mol. The largest absolute Gasteiger partial charge is 0.508 e. The highest BCUT2D eigenvalue weighted by Gasteiger charge is 2.11. The molecule has 22 heavy (non-hydrogen) atoms. The molecule has 2 aromatic carbocycles. The number of carbonyl (C=O) groups excluding carboxylic acids is 1. The average Bonchev–Trinajstić information content (AvgIpc) is 2.53. The Hall–Kier alpha value is -2.13. The Balaban J connectivity index is 1.68. The molecule has 0 saturated carbocycles. The van der Waals surface area contributed by atoms with Crippen LogP contribution < -0.4 is 0 Å². The predicted molar refractivity (Wildman–Crippen MR) is 86.8 cm³/mol. The normalized spacial score (nSPS) is 12.0. The molecular weight excluding hydrogens is 276 g/mol. The van der Waals surface area contributed by atoms with E-state index in [0.29, 0.717) is 19.3 Å². The van der Waals surface area contributed by atoms with Crippen LogP contribution in [-0.2, 0) is 17.6 Å². The van der Waals surface area contributed by atoms with E-state index in [-0.39, 0.29) is 18.0 Å². The van der Waals surface area contributed by atoms with E-state index < -0.39 is 6.10 Å². The van der Waals surface area contributed by atoms with Gasteiger partial charge in [-0.3, -0.25) is 4.79 Å². The zero-order valence-electron chi connectivity index (χ0n) is 12.6. The highest BCUT2D eigenvalue weighted by atomic mass is 16.3. The van der Waals surface area contributed by atoms with Crippen LogP contribution in [0.15, 0.2) is 54.6 Å². The predicted octanol–water partition coefficient (Wildman–Crippen LogP) is 3.28. The number of hydrogen-bond donors (Lipinski definition) is 2. The molecule has 2 N–H and O–H groups in total. The molecule has 0 aliphatic carbocycles. The number of ketones is 1. The molecule has 0 spiro atoms. The summed E-state index contributed by atoms with van der Waals surface area (Å²) in [4.78, 5) is 11.9. The summed E-state index contributed by atoms with van der Waals surface area (Å²) in [7, 11) is 0. The second-order valence-corrected chi connectivity index (χ2v) is 5.59. The molecule has 0 radical (unpaired) electrons. The molecule has 0 bridgehead atoms. The number of rotatable bonds is 8. The van der Waals surface area contributed by atoms with Gasteiger partial charge in [-0.2, -0.15) is 0 Å². The molecule has 0 amide bonds. The number of aliphatic hydroxyl groups excluding tert-OH is 1. The third kappa shape index (κ3) is 5.70. The van der Waals surface area contributed by atoms with Gasteiger partial charge in [-0.25, -0.2) is 0 Å². The summed E-state index contributed by atoms with van der Waals surface area (Å²) in [6.07, 6.45) is 2.07. The number of phenols is 1. The Morgan fingerprint density at radius 3 is 2.23 bits per heavy atom. The molecule has 2 rings (SSSR count). The molecule has 0 saturated heterocycles. The Morgan fingerprint density at radius 1 is 0.909 bits per heavy atom. The lowest BCUT2D eigenvalue weighted by Crippen LogP contribution is -2.14. The lowest BCUT2D eigenvalue weighted by Gasteiger charge is -2.10. The molecule has 0 aliphatic heterocycles. The Labute approximate surface area is 131 Å².